The summed E-state index contributed by atoms with van der Waals surface area (Å²) in [5.74, 6) is -5.13. The summed E-state index contributed by atoms with van der Waals surface area (Å²) in [5.41, 5.74) is -0.483. The number of nitrogens with zero attached hydrogens (tertiary/aromatic N) is 2. The highest BCUT2D eigenvalue weighted by Crippen LogP contribution is 2.41. The van der Waals surface area contributed by atoms with Crippen molar-refractivity contribution in [2.24, 2.45) is 0 Å². The minimum Gasteiger partial charge on any atom is -0.445 e. The van der Waals surface area contributed by atoms with Crippen LogP contribution < -0.4 is 21.6 Å². The lowest BCUT2D eigenvalue weighted by Gasteiger charge is -2.21. The first-order valence-corrected chi connectivity index (χ1v) is 12.5. The van der Waals surface area contributed by atoms with Gasteiger partial charge < -0.3 is 35.6 Å². The van der Waals surface area contributed by atoms with E-state index < -0.39 is 54.7 Å². The van der Waals surface area contributed by atoms with E-state index in [9.17, 15) is 33.1 Å². The fourth-order valence-electron chi connectivity index (χ4n) is 3.91. The normalized spacial score (nSPS) is 20.4. The van der Waals surface area contributed by atoms with Crippen molar-refractivity contribution in [3.05, 3.63) is 58.6 Å². The number of nitrogens with one attached hydrogen (secondary N) is 3. The highest BCUT2D eigenvalue weighted by atomic mass is 19.3. The summed E-state index contributed by atoms with van der Waals surface area (Å²) in [6, 6.07) is 8.81. The molecule has 1 aromatic carbocycles. The standard InChI is InChI=1S/C25H31F2N5O8/c1-15(34)28-11-6-5-9-17(29-24(38)39-14-16-7-3-2-4-8-16)21(36)30-19-10-12-32(23(37)31-19)22-25(26,27)20(35)18(13-33)40-22/h2-4,7-8,10,12,17-18,20,22,33,35H,5-6,9,11,13-14H2,1H3,(H,28,34)(H,29,38)(H,30,31,36,37)/t17?,18-,20?,22-/m1/s1. The van der Waals surface area contributed by atoms with Gasteiger partial charge in [-0.1, -0.05) is 30.3 Å². The summed E-state index contributed by atoms with van der Waals surface area (Å²) < 4.78 is 39.4. The second-order valence-electron chi connectivity index (χ2n) is 9.06. The van der Waals surface area contributed by atoms with E-state index in [1.54, 1.807) is 30.3 Å². The molecule has 1 saturated heterocycles. The number of hydrogen-bond donors (Lipinski definition) is 5. The summed E-state index contributed by atoms with van der Waals surface area (Å²) >= 11 is 0. The minimum absolute atomic E-state index is 0.0387. The first kappa shape index (κ1) is 30.6. The monoisotopic (exact) mass is 567 g/mol. The number of carbonyl (C=O) groups excluding carboxylic acids is 3. The van der Waals surface area contributed by atoms with E-state index in [1.807, 2.05) is 0 Å². The zero-order valence-corrected chi connectivity index (χ0v) is 21.6. The second-order valence-corrected chi connectivity index (χ2v) is 9.06. The molecular formula is C25H31F2N5O8. The third-order valence-electron chi connectivity index (χ3n) is 6.01. The molecule has 1 fully saturated rings. The summed E-state index contributed by atoms with van der Waals surface area (Å²) in [7, 11) is 0. The molecule has 13 nitrogen and oxygen atoms in total. The Morgan fingerprint density at radius 1 is 1.20 bits per heavy atom. The average molecular weight is 568 g/mol. The number of alkyl carbamates (subject to hydrolysis) is 1. The Balaban J connectivity index is 1.66. The van der Waals surface area contributed by atoms with Crippen LogP contribution in [0.15, 0.2) is 47.4 Å². The Kier molecular flexibility index (Phi) is 10.6. The number of amides is 3. The zero-order chi connectivity index (χ0) is 29.3. The van der Waals surface area contributed by atoms with Gasteiger partial charge in [0.2, 0.25) is 18.0 Å². The van der Waals surface area contributed by atoms with Crippen molar-refractivity contribution >= 4 is 23.7 Å². The van der Waals surface area contributed by atoms with E-state index >= 15 is 0 Å². The lowest BCUT2D eigenvalue weighted by molar-refractivity contribution is -0.141. The molecule has 3 amide bonds. The first-order chi connectivity index (χ1) is 19.0. The van der Waals surface area contributed by atoms with Crippen molar-refractivity contribution in [2.75, 3.05) is 18.5 Å². The molecule has 5 N–H and O–H groups in total. The number of aliphatic hydroxyl groups is 2. The molecule has 2 aromatic rings. The van der Waals surface area contributed by atoms with Crippen molar-refractivity contribution < 1.29 is 42.9 Å². The van der Waals surface area contributed by atoms with Crippen LogP contribution in [-0.2, 0) is 25.7 Å². The molecule has 40 heavy (non-hydrogen) atoms. The number of alkyl halides is 2. The van der Waals surface area contributed by atoms with Crippen LogP contribution in [0.2, 0.25) is 0 Å². The predicted molar refractivity (Wildman–Crippen MR) is 135 cm³/mol. The molecule has 1 aliphatic rings. The van der Waals surface area contributed by atoms with Crippen LogP contribution in [0.25, 0.3) is 0 Å². The van der Waals surface area contributed by atoms with Gasteiger partial charge in [-0.05, 0) is 30.9 Å². The number of halogens is 2. The second kappa shape index (κ2) is 13.9. The zero-order valence-electron chi connectivity index (χ0n) is 21.6. The summed E-state index contributed by atoms with van der Waals surface area (Å²) in [6.07, 6.45) is -5.05. The molecule has 1 aliphatic heterocycles. The van der Waals surface area contributed by atoms with Crippen LogP contribution in [0.4, 0.5) is 19.4 Å². The maximum atomic E-state index is 14.4. The van der Waals surface area contributed by atoms with Gasteiger partial charge in [0.25, 0.3) is 0 Å². The van der Waals surface area contributed by atoms with Crippen molar-refractivity contribution in [3.8, 4) is 0 Å². The molecule has 218 valence electrons. The Bertz CT molecular complexity index is 1230. The third-order valence-corrected chi connectivity index (χ3v) is 6.01. The van der Waals surface area contributed by atoms with Crippen LogP contribution >= 0.6 is 0 Å². The molecule has 1 aromatic heterocycles. The number of aromatic nitrogens is 2. The van der Waals surface area contributed by atoms with Gasteiger partial charge in [-0.3, -0.25) is 14.2 Å². The number of rotatable bonds is 12. The van der Waals surface area contributed by atoms with E-state index in [1.165, 1.54) is 6.92 Å². The number of anilines is 1. The van der Waals surface area contributed by atoms with Gasteiger partial charge in [0, 0.05) is 19.7 Å². The van der Waals surface area contributed by atoms with E-state index in [-0.39, 0.29) is 24.8 Å². The number of benzene rings is 1. The molecule has 2 heterocycles. The average Bonchev–Trinajstić information content (AvgIpc) is 3.15. The van der Waals surface area contributed by atoms with Gasteiger partial charge in [0.15, 0.2) is 6.10 Å². The molecule has 3 rings (SSSR count). The topological polar surface area (TPSA) is 181 Å². The molecular weight excluding hydrogens is 536 g/mol. The molecule has 2 unspecified atom stereocenters. The number of carbonyl (C=O) groups is 3. The highest BCUT2D eigenvalue weighted by Gasteiger charge is 2.59. The molecule has 0 spiro atoms. The molecule has 0 saturated carbocycles. The summed E-state index contributed by atoms with van der Waals surface area (Å²) in [5, 5.41) is 26.3. The van der Waals surface area contributed by atoms with E-state index in [0.29, 0.717) is 24.0 Å². The number of aliphatic hydroxyl groups excluding tert-OH is 2. The molecule has 0 aliphatic carbocycles. The number of hydrogen-bond acceptors (Lipinski definition) is 9. The van der Waals surface area contributed by atoms with Gasteiger partial charge >= 0.3 is 17.7 Å². The van der Waals surface area contributed by atoms with Gasteiger partial charge in [-0.25, -0.2) is 9.59 Å². The fourth-order valence-corrected chi connectivity index (χ4v) is 3.91. The van der Waals surface area contributed by atoms with Gasteiger partial charge in [0.05, 0.1) is 6.61 Å². The molecule has 0 radical (unpaired) electrons. The minimum atomic E-state index is -3.89. The van der Waals surface area contributed by atoms with Crippen LogP contribution in [0.5, 0.6) is 0 Å². The van der Waals surface area contributed by atoms with E-state index in [2.05, 4.69) is 20.9 Å². The van der Waals surface area contributed by atoms with Crippen LogP contribution in [0.3, 0.4) is 0 Å². The van der Waals surface area contributed by atoms with Gasteiger partial charge in [0.1, 0.15) is 24.6 Å². The predicted octanol–water partition coefficient (Wildman–Crippen LogP) is 0.669. The Morgan fingerprint density at radius 3 is 2.55 bits per heavy atom. The third kappa shape index (κ3) is 8.03. The Hall–Kier alpha value is -3.95. The maximum Gasteiger partial charge on any atom is 0.408 e. The van der Waals surface area contributed by atoms with Crippen LogP contribution in [-0.4, -0.2) is 75.0 Å². The Morgan fingerprint density at radius 2 is 1.93 bits per heavy atom. The van der Waals surface area contributed by atoms with Gasteiger partial charge in [-0.2, -0.15) is 13.8 Å². The largest absolute Gasteiger partial charge is 0.445 e. The number of unbranched alkanes of at least 4 members (excludes halogenated alkanes) is 1. The van der Waals surface area contributed by atoms with Crippen LogP contribution in [0.1, 0.15) is 38.0 Å². The summed E-state index contributed by atoms with van der Waals surface area (Å²) in [6.45, 7) is 0.801. The molecule has 4 atom stereocenters. The maximum absolute atomic E-state index is 14.4. The van der Waals surface area contributed by atoms with Crippen LogP contribution in [0, 0.1) is 0 Å². The SMILES string of the molecule is CC(=O)NCCCCC(NC(=O)OCc1ccccc1)C(=O)Nc1ccn([C@@H]2O[C@H](CO)C(O)C2(F)F)c(=O)n1. The highest BCUT2D eigenvalue weighted by molar-refractivity contribution is 5.95. The number of ether oxygens (including phenoxy) is 2. The van der Waals surface area contributed by atoms with E-state index in [0.717, 1.165) is 17.8 Å². The lowest BCUT2D eigenvalue weighted by Crippen LogP contribution is -2.44. The van der Waals surface area contributed by atoms with Gasteiger partial charge in [-0.15, -0.1) is 0 Å². The lowest BCUT2D eigenvalue weighted by atomic mass is 10.1. The quantitative estimate of drug-likeness (QED) is 0.230. The Labute approximate surface area is 227 Å². The first-order valence-electron chi connectivity index (χ1n) is 12.5. The fraction of sp³-hybridized carbons (Fsp3) is 0.480. The van der Waals surface area contributed by atoms with Crippen molar-refractivity contribution in [2.45, 2.75) is 63.2 Å². The van der Waals surface area contributed by atoms with Crippen molar-refractivity contribution in [3.63, 3.8) is 0 Å². The molecule has 0 bridgehead atoms. The van der Waals surface area contributed by atoms with Crippen molar-refractivity contribution in [1.29, 1.82) is 0 Å². The van der Waals surface area contributed by atoms with Crippen molar-refractivity contribution in [1.82, 2.24) is 20.2 Å². The molecule has 15 heteroatoms. The van der Waals surface area contributed by atoms with E-state index in [4.69, 9.17) is 14.6 Å². The summed E-state index contributed by atoms with van der Waals surface area (Å²) in [4.78, 5) is 52.5. The smallest absolute Gasteiger partial charge is 0.408 e.